The number of rotatable bonds is 6. The zero-order valence-corrected chi connectivity index (χ0v) is 16.6. The van der Waals surface area contributed by atoms with Crippen molar-refractivity contribution in [3.8, 4) is 5.75 Å². The summed E-state index contributed by atoms with van der Waals surface area (Å²) in [5.41, 5.74) is 2.31. The minimum Gasteiger partial charge on any atom is -0.489 e. The highest BCUT2D eigenvalue weighted by Crippen LogP contribution is 2.40. The molecule has 1 aliphatic carbocycles. The fourth-order valence-corrected chi connectivity index (χ4v) is 4.20. The van der Waals surface area contributed by atoms with Gasteiger partial charge in [0.1, 0.15) is 29.6 Å². The highest BCUT2D eigenvalue weighted by Gasteiger charge is 2.36. The van der Waals surface area contributed by atoms with Crippen LogP contribution in [0, 0.1) is 17.7 Å². The first-order chi connectivity index (χ1) is 14.2. The van der Waals surface area contributed by atoms with Crippen molar-refractivity contribution in [2.24, 2.45) is 16.8 Å². The summed E-state index contributed by atoms with van der Waals surface area (Å²) in [5.74, 6) is -0.220. The molecule has 1 heterocycles. The lowest BCUT2D eigenvalue weighted by Gasteiger charge is -2.25. The van der Waals surface area contributed by atoms with Gasteiger partial charge in [-0.3, -0.25) is 4.79 Å². The summed E-state index contributed by atoms with van der Waals surface area (Å²) in [6.45, 7) is 0.360. The Bertz CT molecular complexity index is 997. The summed E-state index contributed by atoms with van der Waals surface area (Å²) in [4.78, 5) is 16.0. The molecule has 0 saturated heterocycles. The number of hydrogen-bond donors (Lipinski definition) is 0. The lowest BCUT2D eigenvalue weighted by Crippen LogP contribution is -2.25. The van der Waals surface area contributed by atoms with E-state index in [1.807, 2.05) is 30.3 Å². The van der Waals surface area contributed by atoms with Crippen molar-refractivity contribution in [1.29, 1.82) is 0 Å². The van der Waals surface area contributed by atoms with Crippen molar-refractivity contribution < 1.29 is 13.9 Å². The molecule has 148 valence electrons. The average Bonchev–Trinajstić information content (AvgIpc) is 3.09. The Morgan fingerprint density at radius 2 is 2.03 bits per heavy atom. The maximum absolute atomic E-state index is 15.0. The molecule has 0 spiro atoms. The van der Waals surface area contributed by atoms with Gasteiger partial charge in [-0.2, -0.15) is 0 Å². The predicted octanol–water partition coefficient (Wildman–Crippen LogP) is 5.83. The van der Waals surface area contributed by atoms with Crippen LogP contribution in [0.1, 0.15) is 30.4 Å². The zero-order valence-electron chi connectivity index (χ0n) is 15.9. The lowest BCUT2D eigenvalue weighted by molar-refractivity contribution is -0.105. The van der Waals surface area contributed by atoms with Crippen LogP contribution in [0.4, 0.5) is 4.39 Å². The predicted molar refractivity (Wildman–Crippen MR) is 113 cm³/mol. The molecular formula is C24H21ClFNO2. The third kappa shape index (κ3) is 4.18. The van der Waals surface area contributed by atoms with E-state index in [9.17, 15) is 9.18 Å². The van der Waals surface area contributed by atoms with Crippen LogP contribution < -0.4 is 4.74 Å². The molecule has 0 amide bonds. The van der Waals surface area contributed by atoms with Crippen LogP contribution in [0.5, 0.6) is 5.75 Å². The standard InChI is InChI=1S/C24H21ClFNO2/c25-24-20(14-28)22(17-9-5-2-6-10-17)23(27-24)19-12-11-18(13-21(19)26)29-15-16-7-3-1-4-8-16/h1,3-5,7-9,11-14,17,22H,2,6,10,15H2. The summed E-state index contributed by atoms with van der Waals surface area (Å²) < 4.78 is 20.7. The van der Waals surface area contributed by atoms with Gasteiger partial charge in [-0.25, -0.2) is 9.38 Å². The van der Waals surface area contributed by atoms with Crippen LogP contribution >= 0.6 is 11.6 Å². The molecule has 2 aromatic carbocycles. The van der Waals surface area contributed by atoms with Gasteiger partial charge in [0.25, 0.3) is 0 Å². The third-order valence-corrected chi connectivity index (χ3v) is 5.70. The number of hydrogen-bond acceptors (Lipinski definition) is 3. The molecule has 0 bridgehead atoms. The largest absolute Gasteiger partial charge is 0.489 e. The highest BCUT2D eigenvalue weighted by molar-refractivity contribution is 6.34. The lowest BCUT2D eigenvalue weighted by atomic mass is 9.77. The second-order valence-electron chi connectivity index (χ2n) is 7.28. The van der Waals surface area contributed by atoms with Crippen molar-refractivity contribution in [2.45, 2.75) is 25.9 Å². The van der Waals surface area contributed by atoms with Gasteiger partial charge in [-0.1, -0.05) is 54.1 Å². The number of nitrogens with zero attached hydrogens (tertiary/aromatic N) is 1. The molecule has 2 aromatic rings. The van der Waals surface area contributed by atoms with Gasteiger partial charge < -0.3 is 4.74 Å². The van der Waals surface area contributed by atoms with E-state index in [0.717, 1.165) is 31.1 Å². The van der Waals surface area contributed by atoms with Crippen LogP contribution in [0.2, 0.25) is 0 Å². The van der Waals surface area contributed by atoms with Crippen LogP contribution in [-0.4, -0.2) is 12.0 Å². The molecule has 3 nitrogen and oxygen atoms in total. The van der Waals surface area contributed by atoms with E-state index in [1.54, 1.807) is 12.1 Å². The summed E-state index contributed by atoms with van der Waals surface area (Å²) in [6, 6.07) is 14.5. The Labute approximate surface area is 174 Å². The van der Waals surface area contributed by atoms with Gasteiger partial charge in [-0.05, 0) is 42.9 Å². The van der Waals surface area contributed by atoms with Crippen LogP contribution in [0.3, 0.4) is 0 Å². The average molecular weight is 410 g/mol. The first-order valence-corrected chi connectivity index (χ1v) is 10.1. The van der Waals surface area contributed by atoms with E-state index in [2.05, 4.69) is 17.1 Å². The Morgan fingerprint density at radius 1 is 1.21 bits per heavy atom. The Hall–Kier alpha value is -2.72. The SMILES string of the molecule is O=CC1=C(Cl)N=C(c2ccc(OCc3ccccc3)cc2F)C1C1C=CCCC1. The second-order valence-corrected chi connectivity index (χ2v) is 7.64. The number of benzene rings is 2. The van der Waals surface area contributed by atoms with Gasteiger partial charge in [0.05, 0.1) is 5.71 Å². The summed E-state index contributed by atoms with van der Waals surface area (Å²) >= 11 is 6.23. The molecule has 0 fully saturated rings. The van der Waals surface area contributed by atoms with Crippen molar-refractivity contribution in [1.82, 2.24) is 0 Å². The van der Waals surface area contributed by atoms with Crippen molar-refractivity contribution in [3.63, 3.8) is 0 Å². The molecule has 0 N–H and O–H groups in total. The zero-order chi connectivity index (χ0) is 20.2. The number of allylic oxidation sites excluding steroid dienone is 3. The van der Waals surface area contributed by atoms with E-state index >= 15 is 0 Å². The first kappa shape index (κ1) is 19.6. The van der Waals surface area contributed by atoms with Gasteiger partial charge in [0, 0.05) is 23.1 Å². The molecule has 1 aliphatic heterocycles. The quantitative estimate of drug-likeness (QED) is 0.342. The molecule has 4 rings (SSSR count). The molecule has 0 aromatic heterocycles. The smallest absolute Gasteiger partial charge is 0.149 e. The number of aliphatic imine (C=N–C) groups is 1. The molecule has 29 heavy (non-hydrogen) atoms. The van der Waals surface area contributed by atoms with Crippen LogP contribution in [-0.2, 0) is 11.4 Å². The molecule has 5 heteroatoms. The van der Waals surface area contributed by atoms with E-state index in [4.69, 9.17) is 16.3 Å². The molecule has 2 unspecified atom stereocenters. The van der Waals surface area contributed by atoms with E-state index in [0.29, 0.717) is 29.2 Å². The van der Waals surface area contributed by atoms with Crippen LogP contribution in [0.15, 0.2) is 76.4 Å². The first-order valence-electron chi connectivity index (χ1n) is 9.74. The van der Waals surface area contributed by atoms with Crippen molar-refractivity contribution in [2.75, 3.05) is 0 Å². The number of carbonyl (C=O) groups excluding carboxylic acids is 1. The van der Waals surface area contributed by atoms with Gasteiger partial charge in [0.15, 0.2) is 0 Å². The summed E-state index contributed by atoms with van der Waals surface area (Å²) in [6.07, 6.45) is 7.92. The number of carbonyl (C=O) groups is 1. The molecular weight excluding hydrogens is 389 g/mol. The van der Waals surface area contributed by atoms with Crippen molar-refractivity contribution in [3.05, 3.63) is 88.4 Å². The van der Waals surface area contributed by atoms with Crippen LogP contribution in [0.25, 0.3) is 0 Å². The van der Waals surface area contributed by atoms with Crippen molar-refractivity contribution >= 4 is 23.6 Å². The summed E-state index contributed by atoms with van der Waals surface area (Å²) in [7, 11) is 0. The second kappa shape index (κ2) is 8.75. The number of halogens is 2. The highest BCUT2D eigenvalue weighted by atomic mass is 35.5. The van der Waals surface area contributed by atoms with Gasteiger partial charge in [0.2, 0.25) is 0 Å². The fraction of sp³-hybridized carbons (Fsp3) is 0.250. The summed E-state index contributed by atoms with van der Waals surface area (Å²) in [5, 5.41) is 0.155. The minimum atomic E-state index is -0.435. The van der Waals surface area contributed by atoms with Gasteiger partial charge in [-0.15, -0.1) is 0 Å². The monoisotopic (exact) mass is 409 g/mol. The number of aldehydes is 1. The molecule has 0 saturated carbocycles. The fourth-order valence-electron chi connectivity index (χ4n) is 3.95. The number of ether oxygens (including phenoxy) is 1. The molecule has 2 aliphatic rings. The maximum Gasteiger partial charge on any atom is 0.149 e. The third-order valence-electron chi connectivity index (χ3n) is 5.40. The Kier molecular flexibility index (Phi) is 5.91. The van der Waals surface area contributed by atoms with Gasteiger partial charge >= 0.3 is 0 Å². The molecule has 0 radical (unpaired) electrons. The topological polar surface area (TPSA) is 38.7 Å². The Morgan fingerprint density at radius 3 is 2.72 bits per heavy atom. The van der Waals surface area contributed by atoms with E-state index in [-0.39, 0.29) is 17.0 Å². The maximum atomic E-state index is 15.0. The van der Waals surface area contributed by atoms with E-state index in [1.165, 1.54) is 6.07 Å². The Balaban J connectivity index is 1.58. The minimum absolute atomic E-state index is 0.0901. The molecule has 2 atom stereocenters. The normalized spacial score (nSPS) is 21.2. The van der Waals surface area contributed by atoms with E-state index < -0.39 is 5.82 Å².